The van der Waals surface area contributed by atoms with E-state index in [-0.39, 0.29) is 9.93 Å². The maximum Gasteiger partial charge on any atom is 0.268 e. The number of hydrogen-bond donors (Lipinski definition) is 0. The number of aromatic nitrogens is 1. The van der Waals surface area contributed by atoms with Gasteiger partial charge >= 0.3 is 0 Å². The van der Waals surface area contributed by atoms with Crippen molar-refractivity contribution < 1.29 is 12.8 Å². The van der Waals surface area contributed by atoms with Crippen LogP contribution in [0.3, 0.4) is 0 Å². The van der Waals surface area contributed by atoms with Crippen LogP contribution in [0.4, 0.5) is 0 Å². The molecule has 0 atom stereocenters. The molecule has 0 aliphatic rings. The van der Waals surface area contributed by atoms with Gasteiger partial charge in [0.25, 0.3) is 10.0 Å². The molecule has 1 aromatic heterocycles. The fraction of sp³-hybridized carbons (Fsp3) is 0.391. The maximum absolute atomic E-state index is 13.4. The molecule has 1 heterocycles. The Morgan fingerprint density at radius 2 is 1.70 bits per heavy atom. The Balaban J connectivity index is 2.01. The van der Waals surface area contributed by atoms with Crippen LogP contribution in [0, 0.1) is 6.92 Å². The zero-order valence-corrected chi connectivity index (χ0v) is 21.9. The molecular formula is C23H30BrNO3SSi. The van der Waals surface area contributed by atoms with E-state index in [4.69, 9.17) is 4.43 Å². The van der Waals surface area contributed by atoms with Gasteiger partial charge in [0.2, 0.25) is 0 Å². The van der Waals surface area contributed by atoms with Gasteiger partial charge in [0.1, 0.15) is 0 Å². The molecule has 30 heavy (non-hydrogen) atoms. The SMILES string of the molecule is Cc1ccc(S(=O)(=O)n2cc(CCO[Si](C)(C)C(C)(C)C)c3c(Br)cccc32)cc1. The Bertz CT molecular complexity index is 1160. The van der Waals surface area contributed by atoms with Crippen molar-refractivity contribution in [1.82, 2.24) is 3.97 Å². The van der Waals surface area contributed by atoms with E-state index >= 15 is 0 Å². The number of benzene rings is 2. The van der Waals surface area contributed by atoms with Crippen LogP contribution in [0.2, 0.25) is 18.1 Å². The van der Waals surface area contributed by atoms with Gasteiger partial charge in [-0.3, -0.25) is 0 Å². The molecule has 0 amide bonds. The first-order chi connectivity index (χ1) is 13.8. The molecule has 0 saturated carbocycles. The third kappa shape index (κ3) is 4.44. The van der Waals surface area contributed by atoms with Crippen LogP contribution in [-0.4, -0.2) is 27.3 Å². The van der Waals surface area contributed by atoms with Crippen molar-refractivity contribution in [1.29, 1.82) is 0 Å². The average molecular weight is 509 g/mol. The van der Waals surface area contributed by atoms with Crippen LogP contribution in [0.5, 0.6) is 0 Å². The molecule has 0 radical (unpaired) electrons. The minimum atomic E-state index is -3.69. The van der Waals surface area contributed by atoms with Crippen LogP contribution >= 0.6 is 15.9 Å². The lowest BCUT2D eigenvalue weighted by molar-refractivity contribution is 0.292. The standard InChI is InChI=1S/C23H30BrNO3SSi/c1-17-10-12-19(13-11-17)29(26,27)25-16-18(22-20(24)8-7-9-21(22)25)14-15-28-30(5,6)23(2,3)4/h7-13,16H,14-15H2,1-6H3. The van der Waals surface area contributed by atoms with Crippen molar-refractivity contribution in [3.63, 3.8) is 0 Å². The summed E-state index contributed by atoms with van der Waals surface area (Å²) in [6, 6.07) is 12.6. The fourth-order valence-electron chi connectivity index (χ4n) is 3.13. The molecule has 0 spiro atoms. The van der Waals surface area contributed by atoms with E-state index in [1.165, 1.54) is 3.97 Å². The lowest BCUT2D eigenvalue weighted by Crippen LogP contribution is -2.41. The minimum absolute atomic E-state index is 0.135. The lowest BCUT2D eigenvalue weighted by atomic mass is 10.1. The zero-order chi connectivity index (χ0) is 22.3. The zero-order valence-electron chi connectivity index (χ0n) is 18.5. The quantitative estimate of drug-likeness (QED) is 0.357. The number of aryl methyl sites for hydroxylation is 1. The minimum Gasteiger partial charge on any atom is -0.416 e. The van der Waals surface area contributed by atoms with E-state index in [2.05, 4.69) is 49.8 Å². The first-order valence-electron chi connectivity index (χ1n) is 10.1. The molecule has 3 rings (SSSR count). The van der Waals surface area contributed by atoms with Crippen molar-refractivity contribution >= 4 is 45.2 Å². The monoisotopic (exact) mass is 507 g/mol. The van der Waals surface area contributed by atoms with Crippen LogP contribution < -0.4 is 0 Å². The first kappa shape index (κ1) is 23.3. The summed E-state index contributed by atoms with van der Waals surface area (Å²) in [5.74, 6) is 0. The second-order valence-corrected chi connectivity index (χ2v) is 16.7. The molecule has 4 nitrogen and oxygen atoms in total. The smallest absolute Gasteiger partial charge is 0.268 e. The molecule has 0 N–H and O–H groups in total. The average Bonchev–Trinajstić information content (AvgIpc) is 3.02. The Kier molecular flexibility index (Phi) is 6.40. The van der Waals surface area contributed by atoms with Crippen LogP contribution in [0.15, 0.2) is 58.0 Å². The Hall–Kier alpha value is -1.41. The number of halogens is 1. The second kappa shape index (κ2) is 8.26. The summed E-state index contributed by atoms with van der Waals surface area (Å²) in [5.41, 5.74) is 2.66. The van der Waals surface area contributed by atoms with Crippen molar-refractivity contribution in [2.45, 2.75) is 57.1 Å². The molecule has 0 bridgehead atoms. The van der Waals surface area contributed by atoms with Gasteiger partial charge in [-0.1, -0.05) is 60.5 Å². The maximum atomic E-state index is 13.4. The molecule has 0 unspecified atom stereocenters. The van der Waals surface area contributed by atoms with Gasteiger partial charge < -0.3 is 4.43 Å². The van der Waals surface area contributed by atoms with Gasteiger partial charge in [-0.2, -0.15) is 0 Å². The van der Waals surface area contributed by atoms with Gasteiger partial charge in [-0.25, -0.2) is 12.4 Å². The summed E-state index contributed by atoms with van der Waals surface area (Å²) in [4.78, 5) is 0.286. The second-order valence-electron chi connectivity index (χ2n) is 9.26. The largest absolute Gasteiger partial charge is 0.416 e. The van der Waals surface area contributed by atoms with Gasteiger partial charge in [-0.05, 0) is 61.3 Å². The highest BCUT2D eigenvalue weighted by Crippen LogP contribution is 2.37. The van der Waals surface area contributed by atoms with Crippen molar-refractivity contribution in [2.75, 3.05) is 6.61 Å². The highest BCUT2D eigenvalue weighted by atomic mass is 79.9. The summed E-state index contributed by atoms with van der Waals surface area (Å²) in [5, 5.41) is 1.06. The summed E-state index contributed by atoms with van der Waals surface area (Å²) < 4.78 is 35.4. The highest BCUT2D eigenvalue weighted by molar-refractivity contribution is 9.10. The van der Waals surface area contributed by atoms with Crippen LogP contribution in [0.1, 0.15) is 31.9 Å². The molecule has 0 aliphatic heterocycles. The fourth-order valence-corrected chi connectivity index (χ4v) is 6.17. The van der Waals surface area contributed by atoms with Gasteiger partial charge in [0.05, 0.1) is 10.4 Å². The summed E-state index contributed by atoms with van der Waals surface area (Å²) in [6.45, 7) is 13.6. The molecule has 7 heteroatoms. The highest BCUT2D eigenvalue weighted by Gasteiger charge is 2.37. The van der Waals surface area contributed by atoms with E-state index < -0.39 is 18.3 Å². The Labute approximate surface area is 189 Å². The molecule has 3 aromatic rings. The summed E-state index contributed by atoms with van der Waals surface area (Å²) in [7, 11) is -5.56. The Morgan fingerprint density at radius 3 is 2.30 bits per heavy atom. The molecular weight excluding hydrogens is 478 g/mol. The summed E-state index contributed by atoms with van der Waals surface area (Å²) >= 11 is 3.62. The number of nitrogens with zero attached hydrogens (tertiary/aromatic N) is 1. The van der Waals surface area contributed by atoms with E-state index in [0.717, 1.165) is 21.0 Å². The molecule has 0 fully saturated rings. The molecule has 162 valence electrons. The van der Waals surface area contributed by atoms with Gasteiger partial charge in [0, 0.05) is 22.7 Å². The van der Waals surface area contributed by atoms with Gasteiger partial charge in [-0.15, -0.1) is 0 Å². The number of hydrogen-bond acceptors (Lipinski definition) is 3. The van der Waals surface area contributed by atoms with Gasteiger partial charge in [0.15, 0.2) is 8.32 Å². The van der Waals surface area contributed by atoms with Crippen LogP contribution in [-0.2, 0) is 20.9 Å². The molecule has 0 aliphatic carbocycles. The summed E-state index contributed by atoms with van der Waals surface area (Å²) in [6.07, 6.45) is 2.40. The first-order valence-corrected chi connectivity index (χ1v) is 15.2. The number of rotatable bonds is 6. The topological polar surface area (TPSA) is 48.3 Å². The third-order valence-corrected chi connectivity index (χ3v) is 12.9. The van der Waals surface area contributed by atoms with E-state index in [9.17, 15) is 8.42 Å². The molecule has 2 aromatic carbocycles. The van der Waals surface area contributed by atoms with E-state index in [1.807, 2.05) is 37.3 Å². The van der Waals surface area contributed by atoms with E-state index in [0.29, 0.717) is 18.5 Å². The number of fused-ring (bicyclic) bond motifs is 1. The van der Waals surface area contributed by atoms with Crippen LogP contribution in [0.25, 0.3) is 10.9 Å². The lowest BCUT2D eigenvalue weighted by Gasteiger charge is -2.36. The normalized spacial score (nSPS) is 13.2. The van der Waals surface area contributed by atoms with Crippen molar-refractivity contribution in [2.24, 2.45) is 0 Å². The third-order valence-electron chi connectivity index (χ3n) is 6.04. The van der Waals surface area contributed by atoms with Crippen molar-refractivity contribution in [3.05, 3.63) is 64.3 Å². The van der Waals surface area contributed by atoms with E-state index in [1.54, 1.807) is 18.3 Å². The van der Waals surface area contributed by atoms with Crippen molar-refractivity contribution in [3.8, 4) is 0 Å². The molecule has 0 saturated heterocycles. The Morgan fingerprint density at radius 1 is 1.07 bits per heavy atom. The predicted octanol–water partition coefficient (Wildman–Crippen LogP) is 6.51. The predicted molar refractivity (Wildman–Crippen MR) is 130 cm³/mol.